The topological polar surface area (TPSA) is 47.9 Å². The first-order valence-electron chi connectivity index (χ1n) is 8.66. The number of hydrogen-bond acceptors (Lipinski definition) is 3. The standard InChI is InChI=1S/C18H29ClN4OS/c1-18(2,3)25(24)13-8-21-17(20-4)23-11-9-22(10-12-23)16-7-5-6-15(19)14-16/h5-7,14H,8-13H2,1-4H3,(H,20,21). The van der Waals surface area contributed by atoms with Gasteiger partial charge in [-0.05, 0) is 39.0 Å². The van der Waals surface area contributed by atoms with Crippen LogP contribution < -0.4 is 10.2 Å². The van der Waals surface area contributed by atoms with Crippen LogP contribution in [0, 0.1) is 0 Å². The third-order valence-electron chi connectivity index (χ3n) is 4.22. The predicted octanol–water partition coefficient (Wildman–Crippen LogP) is 2.58. The van der Waals surface area contributed by atoms with Crippen LogP contribution >= 0.6 is 11.6 Å². The summed E-state index contributed by atoms with van der Waals surface area (Å²) in [7, 11) is 0.948. The minimum Gasteiger partial charge on any atom is -0.368 e. The van der Waals surface area contributed by atoms with Crippen molar-refractivity contribution in [3.05, 3.63) is 29.3 Å². The van der Waals surface area contributed by atoms with Crippen molar-refractivity contribution in [2.45, 2.75) is 25.5 Å². The van der Waals surface area contributed by atoms with E-state index in [-0.39, 0.29) is 4.75 Å². The van der Waals surface area contributed by atoms with Crippen molar-refractivity contribution < 1.29 is 4.21 Å². The molecule has 0 spiro atoms. The molecule has 1 saturated heterocycles. The lowest BCUT2D eigenvalue weighted by molar-refractivity contribution is 0.373. The van der Waals surface area contributed by atoms with E-state index in [4.69, 9.17) is 11.6 Å². The van der Waals surface area contributed by atoms with E-state index in [1.807, 2.05) is 39.0 Å². The lowest BCUT2D eigenvalue weighted by atomic mass is 10.2. The smallest absolute Gasteiger partial charge is 0.193 e. The molecule has 1 N–H and O–H groups in total. The number of hydrogen-bond donors (Lipinski definition) is 1. The summed E-state index contributed by atoms with van der Waals surface area (Å²) in [6.45, 7) is 10.3. The molecule has 1 aromatic rings. The van der Waals surface area contributed by atoms with Crippen LogP contribution in [0.25, 0.3) is 0 Å². The van der Waals surface area contributed by atoms with Crippen LogP contribution in [0.1, 0.15) is 20.8 Å². The summed E-state index contributed by atoms with van der Waals surface area (Å²) in [6, 6.07) is 7.98. The molecule has 0 aliphatic carbocycles. The second-order valence-electron chi connectivity index (χ2n) is 7.09. The van der Waals surface area contributed by atoms with Crippen molar-refractivity contribution in [3.8, 4) is 0 Å². The van der Waals surface area contributed by atoms with Crippen LogP contribution in [0.3, 0.4) is 0 Å². The molecule has 25 heavy (non-hydrogen) atoms. The molecule has 1 aromatic carbocycles. The molecular formula is C18H29ClN4OS. The zero-order chi connectivity index (χ0) is 18.4. The number of anilines is 1. The summed E-state index contributed by atoms with van der Waals surface area (Å²) in [5.74, 6) is 1.52. The van der Waals surface area contributed by atoms with Crippen LogP contribution in [-0.2, 0) is 10.8 Å². The summed E-state index contributed by atoms with van der Waals surface area (Å²) < 4.78 is 12.0. The number of guanidine groups is 1. The Morgan fingerprint density at radius 1 is 1.28 bits per heavy atom. The first kappa shape index (κ1) is 20.0. The second kappa shape index (κ2) is 8.90. The van der Waals surface area contributed by atoms with Crippen molar-refractivity contribution >= 4 is 34.0 Å². The molecule has 1 aliphatic rings. The number of rotatable bonds is 4. The van der Waals surface area contributed by atoms with E-state index in [0.717, 1.165) is 42.8 Å². The van der Waals surface area contributed by atoms with Crippen molar-refractivity contribution in [3.63, 3.8) is 0 Å². The van der Waals surface area contributed by atoms with Gasteiger partial charge in [-0.25, -0.2) is 0 Å². The van der Waals surface area contributed by atoms with Gasteiger partial charge in [-0.1, -0.05) is 17.7 Å². The average Bonchev–Trinajstić information content (AvgIpc) is 2.58. The van der Waals surface area contributed by atoms with Crippen molar-refractivity contribution in [1.82, 2.24) is 10.2 Å². The molecule has 1 atom stereocenters. The molecule has 0 amide bonds. The summed E-state index contributed by atoms with van der Waals surface area (Å²) >= 11 is 6.09. The van der Waals surface area contributed by atoms with Gasteiger partial charge in [-0.15, -0.1) is 0 Å². The highest BCUT2D eigenvalue weighted by Crippen LogP contribution is 2.20. The SMILES string of the molecule is CN=C(NCCS(=O)C(C)(C)C)N1CCN(c2cccc(Cl)c2)CC1. The van der Waals surface area contributed by atoms with Crippen LogP contribution in [0.5, 0.6) is 0 Å². The van der Waals surface area contributed by atoms with Gasteiger partial charge >= 0.3 is 0 Å². The van der Waals surface area contributed by atoms with E-state index in [1.54, 1.807) is 7.05 Å². The number of benzene rings is 1. The number of nitrogens with one attached hydrogen (secondary N) is 1. The summed E-state index contributed by atoms with van der Waals surface area (Å²) in [5.41, 5.74) is 1.16. The third kappa shape index (κ3) is 5.89. The minimum absolute atomic E-state index is 0.173. The molecule has 140 valence electrons. The highest BCUT2D eigenvalue weighted by Gasteiger charge is 2.21. The fourth-order valence-electron chi connectivity index (χ4n) is 2.74. The number of piperazine rings is 1. The Morgan fingerprint density at radius 2 is 1.96 bits per heavy atom. The van der Waals surface area contributed by atoms with Gasteiger partial charge in [-0.2, -0.15) is 0 Å². The molecule has 1 fully saturated rings. The van der Waals surface area contributed by atoms with E-state index in [2.05, 4.69) is 26.2 Å². The van der Waals surface area contributed by atoms with Gasteiger partial charge < -0.3 is 15.1 Å². The summed E-state index contributed by atoms with van der Waals surface area (Å²) in [4.78, 5) is 8.96. The van der Waals surface area contributed by atoms with Crippen LogP contribution in [0.15, 0.2) is 29.3 Å². The van der Waals surface area contributed by atoms with Gasteiger partial charge in [0, 0.05) is 71.8 Å². The number of aliphatic imine (C=N–C) groups is 1. The first-order valence-corrected chi connectivity index (χ1v) is 10.4. The van der Waals surface area contributed by atoms with Crippen molar-refractivity contribution in [2.24, 2.45) is 4.99 Å². The van der Waals surface area contributed by atoms with E-state index in [0.29, 0.717) is 12.3 Å². The Bertz CT molecular complexity index is 622. The van der Waals surface area contributed by atoms with Gasteiger partial charge in [0.05, 0.1) is 0 Å². The summed E-state index contributed by atoms with van der Waals surface area (Å²) in [6.07, 6.45) is 0. The van der Waals surface area contributed by atoms with Crippen LogP contribution in [0.2, 0.25) is 5.02 Å². The van der Waals surface area contributed by atoms with Gasteiger partial charge in [-0.3, -0.25) is 9.20 Å². The predicted molar refractivity (Wildman–Crippen MR) is 109 cm³/mol. The molecule has 5 nitrogen and oxygen atoms in total. The van der Waals surface area contributed by atoms with Crippen LogP contribution in [0.4, 0.5) is 5.69 Å². The molecule has 2 rings (SSSR count). The van der Waals surface area contributed by atoms with Crippen molar-refractivity contribution in [2.75, 3.05) is 50.4 Å². The Balaban J connectivity index is 1.83. The van der Waals surface area contributed by atoms with E-state index in [9.17, 15) is 4.21 Å². The van der Waals surface area contributed by atoms with Gasteiger partial charge in [0.1, 0.15) is 0 Å². The Kier molecular flexibility index (Phi) is 7.14. The third-order valence-corrected chi connectivity index (χ3v) is 6.39. The van der Waals surface area contributed by atoms with E-state index < -0.39 is 10.8 Å². The quantitative estimate of drug-likeness (QED) is 0.640. The highest BCUT2D eigenvalue weighted by molar-refractivity contribution is 7.86. The molecule has 0 radical (unpaired) electrons. The number of nitrogens with zero attached hydrogens (tertiary/aromatic N) is 3. The molecule has 1 heterocycles. The molecular weight excluding hydrogens is 356 g/mol. The molecule has 0 aromatic heterocycles. The lowest BCUT2D eigenvalue weighted by Gasteiger charge is -2.37. The van der Waals surface area contributed by atoms with Crippen LogP contribution in [-0.4, -0.2) is 65.3 Å². The fourth-order valence-corrected chi connectivity index (χ4v) is 3.83. The largest absolute Gasteiger partial charge is 0.368 e. The monoisotopic (exact) mass is 384 g/mol. The zero-order valence-electron chi connectivity index (χ0n) is 15.6. The Labute approximate surface area is 158 Å². The minimum atomic E-state index is -0.850. The molecule has 0 bridgehead atoms. The van der Waals surface area contributed by atoms with Gasteiger partial charge in [0.15, 0.2) is 5.96 Å². The lowest BCUT2D eigenvalue weighted by Crippen LogP contribution is -2.53. The Morgan fingerprint density at radius 3 is 2.52 bits per heavy atom. The molecule has 1 aliphatic heterocycles. The van der Waals surface area contributed by atoms with E-state index >= 15 is 0 Å². The average molecular weight is 385 g/mol. The molecule has 0 saturated carbocycles. The van der Waals surface area contributed by atoms with Gasteiger partial charge in [0.2, 0.25) is 0 Å². The maximum Gasteiger partial charge on any atom is 0.193 e. The van der Waals surface area contributed by atoms with Crippen molar-refractivity contribution in [1.29, 1.82) is 0 Å². The van der Waals surface area contributed by atoms with Gasteiger partial charge in [0.25, 0.3) is 0 Å². The zero-order valence-corrected chi connectivity index (χ0v) is 17.2. The normalized spacial score (nSPS) is 17.6. The first-order chi connectivity index (χ1) is 11.8. The molecule has 1 unspecified atom stereocenters. The number of halogens is 1. The van der Waals surface area contributed by atoms with E-state index in [1.165, 1.54) is 0 Å². The molecule has 7 heteroatoms. The highest BCUT2D eigenvalue weighted by atomic mass is 35.5. The fraction of sp³-hybridized carbons (Fsp3) is 0.611. The second-order valence-corrected chi connectivity index (χ2v) is 9.85. The summed E-state index contributed by atoms with van der Waals surface area (Å²) in [5, 5.41) is 4.12. The maximum absolute atomic E-state index is 12.1. The Hall–Kier alpha value is -1.27. The maximum atomic E-state index is 12.1.